The molecule has 0 aromatic heterocycles. The highest BCUT2D eigenvalue weighted by atomic mass is 79.9. The summed E-state index contributed by atoms with van der Waals surface area (Å²) < 4.78 is 3.62. The Morgan fingerprint density at radius 2 is 1.85 bits per heavy atom. The summed E-state index contributed by atoms with van der Waals surface area (Å²) in [6.07, 6.45) is 0. The number of quaternary nitrogens is 1. The van der Waals surface area contributed by atoms with Crippen molar-refractivity contribution in [3.63, 3.8) is 0 Å². The lowest BCUT2D eigenvalue weighted by Crippen LogP contribution is -2.44. The molecule has 0 fully saturated rings. The van der Waals surface area contributed by atoms with Crippen LogP contribution in [-0.4, -0.2) is 21.8 Å². The molecule has 1 atom stereocenters. The van der Waals surface area contributed by atoms with Crippen molar-refractivity contribution >= 4 is 52.4 Å². The Balaban J connectivity index is 3.20. The standard InChI is InChI=1S/C8H12Br3N2/c1-4-13(5(2)3)8(11)6(9)7(10)12-13/h5H,4H2,1-3H3/q+1. The number of nitrogens with zero attached hydrogens (tertiary/aromatic N) is 2. The topological polar surface area (TPSA) is 12.4 Å². The van der Waals surface area contributed by atoms with Gasteiger partial charge in [-0.15, -0.1) is 0 Å². The third-order valence-corrected chi connectivity index (χ3v) is 5.69. The average Bonchev–Trinajstić information content (AvgIpc) is 2.30. The second kappa shape index (κ2) is 4.13. The van der Waals surface area contributed by atoms with Gasteiger partial charge in [-0.05, 0) is 52.6 Å². The maximum Gasteiger partial charge on any atom is 0.219 e. The van der Waals surface area contributed by atoms with E-state index in [0.717, 1.165) is 20.3 Å². The lowest BCUT2D eigenvalue weighted by molar-refractivity contribution is -0.907. The Hall–Kier alpha value is 0.810. The van der Waals surface area contributed by atoms with Gasteiger partial charge in [0.25, 0.3) is 0 Å². The summed E-state index contributed by atoms with van der Waals surface area (Å²) in [5.41, 5.74) is 0. The van der Waals surface area contributed by atoms with Crippen LogP contribution in [0, 0.1) is 0 Å². The third kappa shape index (κ3) is 1.80. The summed E-state index contributed by atoms with van der Waals surface area (Å²) in [6, 6.07) is 0.432. The van der Waals surface area contributed by atoms with Crippen molar-refractivity contribution in [2.75, 3.05) is 6.54 Å². The summed E-state index contributed by atoms with van der Waals surface area (Å²) in [5, 5.41) is 4.60. The first-order valence-corrected chi connectivity index (χ1v) is 6.53. The highest BCUT2D eigenvalue weighted by Gasteiger charge is 2.42. The normalized spacial score (nSPS) is 28.7. The molecular weight excluding hydrogens is 364 g/mol. The monoisotopic (exact) mass is 373 g/mol. The van der Waals surface area contributed by atoms with E-state index >= 15 is 0 Å². The highest BCUT2D eigenvalue weighted by Crippen LogP contribution is 2.40. The average molecular weight is 376 g/mol. The van der Waals surface area contributed by atoms with Crippen molar-refractivity contribution < 1.29 is 4.59 Å². The van der Waals surface area contributed by atoms with E-state index in [0.29, 0.717) is 10.6 Å². The van der Waals surface area contributed by atoms with E-state index in [-0.39, 0.29) is 0 Å². The molecule has 0 amide bonds. The van der Waals surface area contributed by atoms with Crippen LogP contribution in [0.3, 0.4) is 0 Å². The van der Waals surface area contributed by atoms with Crippen molar-refractivity contribution in [3.05, 3.63) is 9.09 Å². The number of allylic oxidation sites excluding steroid dienone is 1. The predicted octanol–water partition coefficient (Wildman–Crippen LogP) is 3.91. The van der Waals surface area contributed by atoms with Crippen LogP contribution < -0.4 is 0 Å². The highest BCUT2D eigenvalue weighted by molar-refractivity contribution is 9.21. The smallest absolute Gasteiger partial charge is 0.156 e. The van der Waals surface area contributed by atoms with Gasteiger partial charge >= 0.3 is 0 Å². The van der Waals surface area contributed by atoms with Crippen LogP contribution in [0.2, 0.25) is 0 Å². The second-order valence-electron chi connectivity index (χ2n) is 3.23. The molecule has 5 heteroatoms. The third-order valence-electron chi connectivity index (χ3n) is 2.30. The molecule has 1 aliphatic heterocycles. The molecule has 0 N–H and O–H groups in total. The molecule has 0 aromatic carbocycles. The van der Waals surface area contributed by atoms with Gasteiger partial charge in [0.05, 0.1) is 0 Å². The number of halogens is 3. The molecule has 74 valence electrons. The molecule has 0 bridgehead atoms. The SMILES string of the molecule is CC[N+]1(C(C)C)N=C(Br)C(Br)=C1Br. The molecule has 1 unspecified atom stereocenters. The van der Waals surface area contributed by atoms with Crippen LogP contribution in [-0.2, 0) is 0 Å². The van der Waals surface area contributed by atoms with Gasteiger partial charge in [0.15, 0.2) is 4.62 Å². The fourth-order valence-corrected chi connectivity index (χ4v) is 3.47. The van der Waals surface area contributed by atoms with Crippen molar-refractivity contribution in [1.82, 2.24) is 0 Å². The van der Waals surface area contributed by atoms with Gasteiger partial charge in [-0.1, -0.05) is 5.10 Å². The van der Waals surface area contributed by atoms with Crippen LogP contribution in [0.1, 0.15) is 20.8 Å². The van der Waals surface area contributed by atoms with E-state index in [1.807, 2.05) is 0 Å². The molecule has 0 saturated heterocycles. The molecule has 1 rings (SSSR count). The van der Waals surface area contributed by atoms with Gasteiger partial charge < -0.3 is 0 Å². The first-order valence-electron chi connectivity index (χ1n) is 4.15. The number of hydrogen-bond acceptors (Lipinski definition) is 1. The molecule has 2 nitrogen and oxygen atoms in total. The van der Waals surface area contributed by atoms with Crippen LogP contribution >= 0.6 is 47.8 Å². The summed E-state index contributed by atoms with van der Waals surface area (Å²) in [6.45, 7) is 7.42. The largest absolute Gasteiger partial charge is 0.219 e. The fourth-order valence-electron chi connectivity index (χ4n) is 1.42. The zero-order chi connectivity index (χ0) is 10.2. The molecule has 0 radical (unpaired) electrons. The first-order chi connectivity index (χ1) is 5.95. The maximum absolute atomic E-state index is 4.60. The zero-order valence-electron chi connectivity index (χ0n) is 7.81. The molecule has 0 saturated carbocycles. The fraction of sp³-hybridized carbons (Fsp3) is 0.625. The molecule has 13 heavy (non-hydrogen) atoms. The molecular formula is C8H12Br3N2+. The van der Waals surface area contributed by atoms with Crippen LogP contribution in [0.25, 0.3) is 0 Å². The molecule has 0 spiro atoms. The second-order valence-corrected chi connectivity index (χ2v) is 5.53. The first kappa shape index (κ1) is 11.9. The van der Waals surface area contributed by atoms with E-state index in [1.165, 1.54) is 0 Å². The van der Waals surface area contributed by atoms with Gasteiger partial charge in [0.1, 0.15) is 17.1 Å². The van der Waals surface area contributed by atoms with Crippen LogP contribution in [0.5, 0.6) is 0 Å². The van der Waals surface area contributed by atoms with E-state index in [9.17, 15) is 0 Å². The van der Waals surface area contributed by atoms with Gasteiger partial charge in [-0.25, -0.2) is 0 Å². The summed E-state index contributed by atoms with van der Waals surface area (Å²) in [7, 11) is 0. The van der Waals surface area contributed by atoms with Crippen LogP contribution in [0.15, 0.2) is 14.2 Å². The van der Waals surface area contributed by atoms with Gasteiger partial charge in [-0.2, -0.15) is 4.59 Å². The van der Waals surface area contributed by atoms with Gasteiger partial charge in [0, 0.05) is 15.9 Å². The molecule has 0 aromatic rings. The van der Waals surface area contributed by atoms with Crippen molar-refractivity contribution in [2.24, 2.45) is 5.10 Å². The molecule has 0 aliphatic carbocycles. The molecule has 1 aliphatic rings. The van der Waals surface area contributed by atoms with E-state index in [4.69, 9.17) is 0 Å². The lowest BCUT2D eigenvalue weighted by atomic mass is 10.3. The minimum atomic E-state index is 0.432. The maximum atomic E-state index is 4.60. The quantitative estimate of drug-likeness (QED) is 0.512. The van der Waals surface area contributed by atoms with E-state index < -0.39 is 0 Å². The predicted molar refractivity (Wildman–Crippen MR) is 67.2 cm³/mol. The minimum absolute atomic E-state index is 0.432. The number of rotatable bonds is 2. The van der Waals surface area contributed by atoms with E-state index in [2.05, 4.69) is 73.7 Å². The summed E-state index contributed by atoms with van der Waals surface area (Å²) in [5.74, 6) is 0. The zero-order valence-corrected chi connectivity index (χ0v) is 12.6. The van der Waals surface area contributed by atoms with Crippen molar-refractivity contribution in [1.29, 1.82) is 0 Å². The Morgan fingerprint density at radius 1 is 1.31 bits per heavy atom. The van der Waals surface area contributed by atoms with Crippen molar-refractivity contribution in [2.45, 2.75) is 26.8 Å². The lowest BCUT2D eigenvalue weighted by Gasteiger charge is -2.31. The Morgan fingerprint density at radius 3 is 2.00 bits per heavy atom. The summed E-state index contributed by atoms with van der Waals surface area (Å²) >= 11 is 10.5. The summed E-state index contributed by atoms with van der Waals surface area (Å²) in [4.78, 5) is 0. The minimum Gasteiger partial charge on any atom is -0.156 e. The Bertz CT molecular complexity index is 283. The number of hydrogen-bond donors (Lipinski definition) is 0. The van der Waals surface area contributed by atoms with Gasteiger partial charge in [0.2, 0.25) is 4.61 Å². The molecule has 1 heterocycles. The Kier molecular flexibility index (Phi) is 3.77. The van der Waals surface area contributed by atoms with Crippen LogP contribution in [0.4, 0.5) is 0 Å². The van der Waals surface area contributed by atoms with Crippen molar-refractivity contribution in [3.8, 4) is 0 Å². The Labute approximate surface area is 104 Å². The van der Waals surface area contributed by atoms with E-state index in [1.54, 1.807) is 0 Å². The van der Waals surface area contributed by atoms with Gasteiger partial charge in [-0.3, -0.25) is 0 Å².